The maximum atomic E-state index is 10.4. The van der Waals surface area contributed by atoms with Gasteiger partial charge in [0, 0.05) is 46.0 Å². The molecule has 2 aliphatic heterocycles. The van der Waals surface area contributed by atoms with E-state index in [-0.39, 0.29) is 18.4 Å². The summed E-state index contributed by atoms with van der Waals surface area (Å²) in [4.78, 5) is 30.5. The fourth-order valence-corrected chi connectivity index (χ4v) is 3.47. The number of rotatable bonds is 0. The topological polar surface area (TPSA) is 196 Å². The summed E-state index contributed by atoms with van der Waals surface area (Å²) in [6.45, 7) is 2.27. The lowest BCUT2D eigenvalue weighted by atomic mass is 10.2. The molecule has 4 aromatic heterocycles. The van der Waals surface area contributed by atoms with Crippen molar-refractivity contribution in [3.05, 3.63) is 85.3 Å². The molecule has 6 aromatic rings. The summed E-state index contributed by atoms with van der Waals surface area (Å²) in [5, 5.41) is 35.0. The Morgan fingerprint density at radius 2 is 1.51 bits per heavy atom. The molecule has 2 amide bonds. The van der Waals surface area contributed by atoms with Crippen LogP contribution in [0.15, 0.2) is 95.2 Å². The Morgan fingerprint density at radius 3 is 1.96 bits per heavy atom. The van der Waals surface area contributed by atoms with E-state index in [2.05, 4.69) is 81.5 Å². The summed E-state index contributed by atoms with van der Waals surface area (Å²) >= 11 is 0. The number of carbonyl (C=O) groups is 2. The maximum Gasteiger partial charge on any atom is 0.267 e. The van der Waals surface area contributed by atoms with Gasteiger partial charge in [-0.05, 0) is 52.4 Å². The van der Waals surface area contributed by atoms with Crippen LogP contribution in [0.25, 0.3) is 21.9 Å². The minimum atomic E-state index is -0.0417. The zero-order valence-corrected chi connectivity index (χ0v) is 27.0. The SMILES string of the molecule is CN1N=CCC1=O.CN1N=NCC1=O.Cc1cnc2ccccc2c1.Cn1cnc2ccccc21.Cn1cnnn1.Cn1ncnn1. The van der Waals surface area contributed by atoms with E-state index in [0.717, 1.165) is 11.0 Å². The average Bonchev–Trinajstić information content (AvgIpc) is 3.94. The van der Waals surface area contributed by atoms with Crippen LogP contribution in [0.1, 0.15) is 12.0 Å². The minimum Gasteiger partial charge on any atom is -0.334 e. The zero-order valence-electron chi connectivity index (χ0n) is 27.0. The third-order valence-corrected chi connectivity index (χ3v) is 5.91. The van der Waals surface area contributed by atoms with E-state index in [0.29, 0.717) is 6.42 Å². The van der Waals surface area contributed by atoms with Gasteiger partial charge < -0.3 is 4.57 Å². The second-order valence-corrected chi connectivity index (χ2v) is 9.68. The molecule has 244 valence electrons. The number of aromatic nitrogens is 11. The van der Waals surface area contributed by atoms with Gasteiger partial charge >= 0.3 is 0 Å². The smallest absolute Gasteiger partial charge is 0.267 e. The van der Waals surface area contributed by atoms with Crippen molar-refractivity contribution in [2.45, 2.75) is 13.3 Å². The fourth-order valence-electron chi connectivity index (χ4n) is 3.47. The van der Waals surface area contributed by atoms with Gasteiger partial charge in [-0.15, -0.1) is 15.3 Å². The van der Waals surface area contributed by atoms with Gasteiger partial charge in [-0.2, -0.15) is 15.0 Å². The van der Waals surface area contributed by atoms with Crippen molar-refractivity contribution in [2.24, 2.45) is 36.6 Å². The number of amides is 2. The van der Waals surface area contributed by atoms with Gasteiger partial charge in [-0.25, -0.2) is 19.7 Å². The van der Waals surface area contributed by atoms with E-state index >= 15 is 0 Å². The highest BCUT2D eigenvalue weighted by atomic mass is 16.2. The summed E-state index contributed by atoms with van der Waals surface area (Å²) in [7, 11) is 8.70. The Balaban J connectivity index is 0.000000156. The molecule has 0 aliphatic carbocycles. The highest BCUT2D eigenvalue weighted by molar-refractivity contribution is 5.93. The quantitative estimate of drug-likeness (QED) is 0.237. The Hall–Kier alpha value is -6.33. The normalized spacial score (nSPS) is 12.6. The predicted molar refractivity (Wildman–Crippen MR) is 173 cm³/mol. The molecule has 0 unspecified atom stereocenters. The van der Waals surface area contributed by atoms with Crippen LogP contribution in [-0.2, 0) is 30.7 Å². The standard InChI is InChI=1S/C10H9N.C8H8N2.C4H6N2O.C3H5N3O.2C2H4N4/c1-8-6-9-4-2-3-5-10(9)11-7-8;1-10-6-9-7-4-2-3-5-8(7)10;1-6-4(7)2-3-5-6;1-6-3(7)2-4-5-6;1-6-2-3-4-5-6;1-6-4-2-3-5-6/h2-7H,1H3;2-6H,1H3;3H,2H2,1H3;2H2,1H3;2*2H,1H3. The van der Waals surface area contributed by atoms with Crippen molar-refractivity contribution >= 4 is 40.0 Å². The van der Waals surface area contributed by atoms with Gasteiger partial charge in [0.15, 0.2) is 6.33 Å². The summed E-state index contributed by atoms with van der Waals surface area (Å²) in [6.07, 6.45) is 8.70. The number of hydrogen-bond acceptors (Lipinski definition) is 13. The Kier molecular flexibility index (Phi) is 13.8. The molecule has 18 nitrogen and oxygen atoms in total. The number of benzene rings is 2. The number of hydrazone groups is 1. The van der Waals surface area contributed by atoms with E-state index in [4.69, 9.17) is 0 Å². The molecular formula is C29H36N16O2. The Morgan fingerprint density at radius 1 is 0.766 bits per heavy atom. The predicted octanol–water partition coefficient (Wildman–Crippen LogP) is 2.20. The van der Waals surface area contributed by atoms with Gasteiger partial charge in [0.05, 0.1) is 36.3 Å². The molecule has 0 atom stereocenters. The lowest BCUT2D eigenvalue weighted by Crippen LogP contribution is -2.16. The molecule has 0 spiro atoms. The third kappa shape index (κ3) is 12.3. The van der Waals surface area contributed by atoms with E-state index in [1.54, 1.807) is 34.4 Å². The van der Waals surface area contributed by atoms with Crippen LogP contribution in [0.2, 0.25) is 0 Å². The number of pyridine rings is 1. The van der Waals surface area contributed by atoms with Gasteiger partial charge in [0.25, 0.3) is 5.91 Å². The first-order valence-electron chi connectivity index (χ1n) is 14.1. The minimum absolute atomic E-state index is 0.0417. The molecule has 0 saturated heterocycles. The van der Waals surface area contributed by atoms with Crippen molar-refractivity contribution in [3.63, 3.8) is 0 Å². The average molecular weight is 641 g/mol. The number of tetrazole rings is 2. The number of fused-ring (bicyclic) bond motifs is 2. The summed E-state index contributed by atoms with van der Waals surface area (Å²) in [5.74, 6) is 0.0278. The van der Waals surface area contributed by atoms with Crippen LogP contribution in [0.3, 0.4) is 0 Å². The van der Waals surface area contributed by atoms with E-state index < -0.39 is 0 Å². The first kappa shape index (κ1) is 35.2. The Bertz CT molecular complexity index is 1800. The molecule has 0 N–H and O–H groups in total. The number of aryl methyl sites for hydroxylation is 4. The first-order chi connectivity index (χ1) is 22.6. The van der Waals surface area contributed by atoms with Crippen LogP contribution in [0, 0.1) is 6.92 Å². The molecular weight excluding hydrogens is 604 g/mol. The third-order valence-electron chi connectivity index (χ3n) is 5.91. The summed E-state index contributed by atoms with van der Waals surface area (Å²) < 4.78 is 3.54. The second kappa shape index (κ2) is 18.5. The van der Waals surface area contributed by atoms with E-state index in [9.17, 15) is 9.59 Å². The molecule has 2 aliphatic rings. The number of hydrogen-bond donors (Lipinski definition) is 0. The highest BCUT2D eigenvalue weighted by Crippen LogP contribution is 2.11. The molecule has 2 aromatic carbocycles. The Labute approximate surface area is 270 Å². The molecule has 0 saturated carbocycles. The van der Waals surface area contributed by atoms with E-state index in [1.165, 1.54) is 48.6 Å². The summed E-state index contributed by atoms with van der Waals surface area (Å²) in [5.41, 5.74) is 4.52. The number of likely N-dealkylation sites (N-methyl/N-ethyl adjacent to an activating group) is 1. The summed E-state index contributed by atoms with van der Waals surface area (Å²) in [6, 6.07) is 18.4. The number of para-hydroxylation sites is 3. The van der Waals surface area contributed by atoms with Gasteiger partial charge in [-0.3, -0.25) is 14.6 Å². The molecule has 8 rings (SSSR count). The fraction of sp³-hybridized carbons (Fsp3) is 0.276. The molecule has 0 bridgehead atoms. The van der Waals surface area contributed by atoms with Gasteiger partial charge in [-0.1, -0.05) is 35.6 Å². The van der Waals surface area contributed by atoms with Crippen LogP contribution >= 0.6 is 0 Å². The van der Waals surface area contributed by atoms with E-state index in [1.807, 2.05) is 60.5 Å². The molecule has 6 heterocycles. The molecule has 0 fully saturated rings. The van der Waals surface area contributed by atoms with Crippen LogP contribution < -0.4 is 0 Å². The van der Waals surface area contributed by atoms with Crippen LogP contribution in [0.5, 0.6) is 0 Å². The zero-order chi connectivity index (χ0) is 34.0. The van der Waals surface area contributed by atoms with Crippen molar-refractivity contribution < 1.29 is 9.59 Å². The van der Waals surface area contributed by atoms with Gasteiger partial charge in [0.2, 0.25) is 5.91 Å². The van der Waals surface area contributed by atoms with Crippen LogP contribution in [-0.4, -0.2) is 104 Å². The second-order valence-electron chi connectivity index (χ2n) is 9.68. The number of nitrogens with zero attached hydrogens (tertiary/aromatic N) is 16. The molecule has 0 radical (unpaired) electrons. The van der Waals surface area contributed by atoms with Crippen molar-refractivity contribution in [2.75, 3.05) is 20.6 Å². The van der Waals surface area contributed by atoms with Crippen molar-refractivity contribution in [1.82, 2.24) is 65.0 Å². The first-order valence-corrected chi connectivity index (χ1v) is 14.1. The van der Waals surface area contributed by atoms with Crippen molar-refractivity contribution in [3.8, 4) is 0 Å². The number of carbonyl (C=O) groups excluding carboxylic acids is 2. The largest absolute Gasteiger partial charge is 0.334 e. The number of imidazole rings is 1. The lowest BCUT2D eigenvalue weighted by molar-refractivity contribution is -0.127. The molecule has 47 heavy (non-hydrogen) atoms. The molecule has 18 heteroatoms. The monoisotopic (exact) mass is 640 g/mol. The highest BCUT2D eigenvalue weighted by Gasteiger charge is 2.11. The van der Waals surface area contributed by atoms with Crippen LogP contribution in [0.4, 0.5) is 0 Å². The lowest BCUT2D eigenvalue weighted by Gasteiger charge is -1.98. The van der Waals surface area contributed by atoms with Crippen molar-refractivity contribution in [1.29, 1.82) is 0 Å². The van der Waals surface area contributed by atoms with Gasteiger partial charge in [0.1, 0.15) is 12.9 Å². The maximum absolute atomic E-state index is 10.4.